The molecule has 4 rings (SSSR count). The molecule has 0 saturated carbocycles. The molecule has 1 aliphatic carbocycles. The van der Waals surface area contributed by atoms with Crippen LogP contribution in [0.5, 0.6) is 0 Å². The minimum atomic E-state index is -2.60. The van der Waals surface area contributed by atoms with Crippen LogP contribution in [-0.4, -0.2) is 53.0 Å². The van der Waals surface area contributed by atoms with Crippen LogP contribution in [0.1, 0.15) is 12.8 Å². The zero-order valence-corrected chi connectivity index (χ0v) is 15.4. The molecule has 1 aromatic heterocycles. The second-order valence-electron chi connectivity index (χ2n) is 7.25. The number of hydrogen-bond donors (Lipinski definition) is 0. The highest BCUT2D eigenvalue weighted by atomic mass is 19.3. The van der Waals surface area contributed by atoms with E-state index >= 15 is 0 Å². The Kier molecular flexibility index (Phi) is 5.11. The number of hydrogen-bond acceptors (Lipinski definition) is 4. The standard InChI is InChI=1S/C20H22F2N4O2/c21-18(22)12-26-13-23-17-11-15(5-6-16(17)20(26)28)24-7-9-25(10-8-24)19(27)14-3-1-2-4-14/h1-2,5-6,11,13-14,18H,3-4,7-10,12H2. The highest BCUT2D eigenvalue weighted by Gasteiger charge is 2.27. The Morgan fingerprint density at radius 1 is 1.14 bits per heavy atom. The van der Waals surface area contributed by atoms with Crippen molar-refractivity contribution >= 4 is 22.5 Å². The number of nitrogens with zero attached hydrogens (tertiary/aromatic N) is 4. The van der Waals surface area contributed by atoms with Crippen molar-refractivity contribution in [2.75, 3.05) is 31.1 Å². The fraction of sp³-hybridized carbons (Fsp3) is 0.450. The highest BCUT2D eigenvalue weighted by Crippen LogP contribution is 2.24. The third-order valence-corrected chi connectivity index (χ3v) is 5.46. The first-order chi connectivity index (χ1) is 13.5. The Bertz CT molecular complexity index is 956. The average molecular weight is 388 g/mol. The van der Waals surface area contributed by atoms with Crippen molar-refractivity contribution in [1.29, 1.82) is 0 Å². The second kappa shape index (κ2) is 7.69. The fourth-order valence-corrected chi connectivity index (χ4v) is 3.88. The van der Waals surface area contributed by atoms with Crippen LogP contribution in [0.15, 0.2) is 41.5 Å². The van der Waals surface area contributed by atoms with Gasteiger partial charge >= 0.3 is 0 Å². The van der Waals surface area contributed by atoms with Crippen LogP contribution in [0.3, 0.4) is 0 Å². The van der Waals surface area contributed by atoms with Crippen LogP contribution < -0.4 is 10.5 Å². The first-order valence-electron chi connectivity index (χ1n) is 9.49. The number of halogens is 2. The number of alkyl halides is 2. The first kappa shape index (κ1) is 18.6. The molecular weight excluding hydrogens is 366 g/mol. The molecule has 0 N–H and O–H groups in total. The summed E-state index contributed by atoms with van der Waals surface area (Å²) in [5, 5.41) is 0.328. The summed E-state index contributed by atoms with van der Waals surface area (Å²) in [4.78, 5) is 33.1. The number of aromatic nitrogens is 2. The molecular formula is C20H22F2N4O2. The molecule has 148 valence electrons. The summed E-state index contributed by atoms with van der Waals surface area (Å²) in [5.41, 5.74) is 0.946. The number of fused-ring (bicyclic) bond motifs is 1. The van der Waals surface area contributed by atoms with E-state index in [9.17, 15) is 18.4 Å². The molecule has 28 heavy (non-hydrogen) atoms. The van der Waals surface area contributed by atoms with Gasteiger partial charge in [-0.1, -0.05) is 12.2 Å². The zero-order chi connectivity index (χ0) is 19.7. The average Bonchev–Trinajstić information content (AvgIpc) is 3.24. The summed E-state index contributed by atoms with van der Waals surface area (Å²) >= 11 is 0. The maximum absolute atomic E-state index is 12.6. The van der Waals surface area contributed by atoms with Gasteiger partial charge in [-0.15, -0.1) is 0 Å². The van der Waals surface area contributed by atoms with Crippen LogP contribution in [0.4, 0.5) is 14.5 Å². The van der Waals surface area contributed by atoms with Crippen LogP contribution in [-0.2, 0) is 11.3 Å². The summed E-state index contributed by atoms with van der Waals surface area (Å²) in [7, 11) is 0. The van der Waals surface area contributed by atoms with Gasteiger partial charge in [0.2, 0.25) is 5.91 Å². The maximum atomic E-state index is 12.6. The maximum Gasteiger partial charge on any atom is 0.261 e. The lowest BCUT2D eigenvalue weighted by molar-refractivity contribution is -0.135. The van der Waals surface area contributed by atoms with E-state index in [1.165, 1.54) is 6.33 Å². The molecule has 0 spiro atoms. The number of anilines is 1. The normalized spacial score (nSPS) is 17.8. The first-order valence-corrected chi connectivity index (χ1v) is 9.49. The number of rotatable bonds is 4. The van der Waals surface area contributed by atoms with E-state index in [0.29, 0.717) is 37.1 Å². The third kappa shape index (κ3) is 3.63. The Balaban J connectivity index is 1.46. The smallest absolute Gasteiger partial charge is 0.261 e. The summed E-state index contributed by atoms with van der Waals surface area (Å²) < 4.78 is 26.1. The number of amides is 1. The summed E-state index contributed by atoms with van der Waals surface area (Å²) in [5.74, 6) is 0.316. The molecule has 1 aliphatic heterocycles. The predicted octanol–water partition coefficient (Wildman–Crippen LogP) is 2.28. The van der Waals surface area contributed by atoms with Crippen LogP contribution in [0, 0.1) is 5.92 Å². The molecule has 2 aromatic rings. The molecule has 2 aliphatic rings. The Morgan fingerprint density at radius 2 is 1.86 bits per heavy atom. The fourth-order valence-electron chi connectivity index (χ4n) is 3.88. The van der Waals surface area contributed by atoms with Crippen molar-refractivity contribution < 1.29 is 13.6 Å². The third-order valence-electron chi connectivity index (χ3n) is 5.46. The monoisotopic (exact) mass is 388 g/mol. The summed E-state index contributed by atoms with van der Waals surface area (Å²) in [6, 6.07) is 5.27. The number of carbonyl (C=O) groups is 1. The lowest BCUT2D eigenvalue weighted by Crippen LogP contribution is -2.50. The molecule has 2 heterocycles. The van der Waals surface area contributed by atoms with Gasteiger partial charge in [-0.2, -0.15) is 0 Å². The number of carbonyl (C=O) groups excluding carboxylic acids is 1. The minimum absolute atomic E-state index is 0.0897. The summed E-state index contributed by atoms with van der Waals surface area (Å²) in [6.07, 6.45) is 4.37. The SMILES string of the molecule is O=C(C1CC=CC1)N1CCN(c2ccc3c(=O)n(CC(F)F)cnc3c2)CC1. The Labute approximate surface area is 161 Å². The van der Waals surface area contributed by atoms with Crippen molar-refractivity contribution in [3.8, 4) is 0 Å². The van der Waals surface area contributed by atoms with E-state index in [-0.39, 0.29) is 11.8 Å². The number of benzene rings is 1. The van der Waals surface area contributed by atoms with Crippen molar-refractivity contribution in [3.63, 3.8) is 0 Å². The van der Waals surface area contributed by atoms with Crippen LogP contribution >= 0.6 is 0 Å². The lowest BCUT2D eigenvalue weighted by Gasteiger charge is -2.37. The van der Waals surface area contributed by atoms with Crippen molar-refractivity contribution in [2.45, 2.75) is 25.8 Å². The molecule has 1 aromatic carbocycles. The van der Waals surface area contributed by atoms with Gasteiger partial charge in [-0.3, -0.25) is 14.2 Å². The van der Waals surface area contributed by atoms with Crippen LogP contribution in [0.2, 0.25) is 0 Å². The van der Waals surface area contributed by atoms with E-state index in [0.717, 1.165) is 23.1 Å². The summed E-state index contributed by atoms with van der Waals surface area (Å²) in [6.45, 7) is 2.09. The quantitative estimate of drug-likeness (QED) is 0.754. The van der Waals surface area contributed by atoms with Gasteiger partial charge in [0, 0.05) is 37.8 Å². The van der Waals surface area contributed by atoms with Crippen LogP contribution in [0.25, 0.3) is 10.9 Å². The largest absolute Gasteiger partial charge is 0.368 e. The minimum Gasteiger partial charge on any atom is -0.368 e. The van der Waals surface area contributed by atoms with Gasteiger partial charge in [-0.05, 0) is 31.0 Å². The zero-order valence-electron chi connectivity index (χ0n) is 15.4. The van der Waals surface area contributed by atoms with E-state index in [2.05, 4.69) is 22.0 Å². The highest BCUT2D eigenvalue weighted by molar-refractivity contribution is 5.82. The van der Waals surface area contributed by atoms with Gasteiger partial charge in [0.15, 0.2) is 0 Å². The lowest BCUT2D eigenvalue weighted by atomic mass is 10.1. The molecule has 8 heteroatoms. The molecule has 0 unspecified atom stereocenters. The van der Waals surface area contributed by atoms with E-state index in [4.69, 9.17) is 0 Å². The molecule has 1 saturated heterocycles. The topological polar surface area (TPSA) is 58.4 Å². The van der Waals surface area contributed by atoms with Gasteiger partial charge in [-0.25, -0.2) is 13.8 Å². The van der Waals surface area contributed by atoms with E-state index in [1.807, 2.05) is 17.0 Å². The molecule has 0 radical (unpaired) electrons. The second-order valence-corrected chi connectivity index (χ2v) is 7.25. The predicted molar refractivity (Wildman–Crippen MR) is 103 cm³/mol. The Morgan fingerprint density at radius 3 is 2.54 bits per heavy atom. The Hall–Kier alpha value is -2.77. The molecule has 6 nitrogen and oxygen atoms in total. The van der Waals surface area contributed by atoms with Gasteiger partial charge in [0.1, 0.15) is 0 Å². The molecule has 0 atom stereocenters. The van der Waals surface area contributed by atoms with Crippen molar-refractivity contribution in [2.24, 2.45) is 5.92 Å². The molecule has 1 amide bonds. The van der Waals surface area contributed by atoms with Crippen molar-refractivity contribution in [3.05, 3.63) is 47.0 Å². The van der Waals surface area contributed by atoms with Gasteiger partial charge in [0.25, 0.3) is 12.0 Å². The molecule has 1 fully saturated rings. The van der Waals surface area contributed by atoms with Crippen molar-refractivity contribution in [1.82, 2.24) is 14.5 Å². The molecule has 0 bridgehead atoms. The van der Waals surface area contributed by atoms with E-state index < -0.39 is 18.5 Å². The van der Waals surface area contributed by atoms with Gasteiger partial charge in [0.05, 0.1) is 23.8 Å². The van der Waals surface area contributed by atoms with E-state index in [1.54, 1.807) is 6.07 Å². The number of piperazine rings is 1. The number of allylic oxidation sites excluding steroid dienone is 2. The van der Waals surface area contributed by atoms with Gasteiger partial charge < -0.3 is 9.80 Å².